The number of hydrogen-bond acceptors (Lipinski definition) is 2. The van der Waals surface area contributed by atoms with Crippen molar-refractivity contribution in [3.05, 3.63) is 0 Å². The van der Waals surface area contributed by atoms with E-state index < -0.39 is 12.6 Å². The maximum absolute atomic E-state index is 9.06. The van der Waals surface area contributed by atoms with Crippen LogP contribution in [-0.2, 0) is 4.79 Å². The van der Waals surface area contributed by atoms with Crippen LogP contribution in [0.2, 0.25) is 0 Å². The zero-order valence-electron chi connectivity index (χ0n) is 3.47. The van der Waals surface area contributed by atoms with E-state index in [1.54, 1.807) is 0 Å². The molecular formula is C2H3KO3. The van der Waals surface area contributed by atoms with Crippen molar-refractivity contribution in [2.75, 3.05) is 6.61 Å². The van der Waals surface area contributed by atoms with Crippen molar-refractivity contribution in [1.29, 1.82) is 0 Å². The van der Waals surface area contributed by atoms with Gasteiger partial charge in [0.05, 0.1) is 0 Å². The fraction of sp³-hybridized carbons (Fsp3) is 0.500. The summed E-state index contributed by atoms with van der Waals surface area (Å²) in [6.07, 6.45) is 0. The number of carbonyl (C=O) groups is 1. The molecule has 4 heteroatoms. The minimum Gasteiger partial charge on any atom is -0.846 e. The minimum atomic E-state index is -1.30. The van der Waals surface area contributed by atoms with Crippen LogP contribution in [0.1, 0.15) is 0 Å². The van der Waals surface area contributed by atoms with Crippen LogP contribution in [0.25, 0.3) is 0 Å². The van der Waals surface area contributed by atoms with Gasteiger partial charge >= 0.3 is 51.4 Å². The standard InChI is InChI=1S/C2H3O3.K/c3-1-2(4)5;/h1H2,(H,4,5);/q-1;+1. The summed E-state index contributed by atoms with van der Waals surface area (Å²) in [5.74, 6) is -1.30. The Morgan fingerprint density at radius 1 is 1.83 bits per heavy atom. The van der Waals surface area contributed by atoms with Gasteiger partial charge in [-0.15, -0.1) is 0 Å². The van der Waals surface area contributed by atoms with Gasteiger partial charge in [0.15, 0.2) is 0 Å². The van der Waals surface area contributed by atoms with Crippen LogP contribution in [0.5, 0.6) is 0 Å². The molecule has 0 radical (unpaired) electrons. The second kappa shape index (κ2) is 6.07. The molecule has 0 amide bonds. The zero-order valence-corrected chi connectivity index (χ0v) is 6.59. The van der Waals surface area contributed by atoms with E-state index in [1.807, 2.05) is 0 Å². The van der Waals surface area contributed by atoms with Crippen molar-refractivity contribution in [2.45, 2.75) is 0 Å². The summed E-state index contributed by atoms with van der Waals surface area (Å²) in [7, 11) is 0. The van der Waals surface area contributed by atoms with Gasteiger partial charge in [-0.2, -0.15) is 0 Å². The van der Waals surface area contributed by atoms with Gasteiger partial charge in [-0.3, -0.25) is 4.79 Å². The molecule has 1 N–H and O–H groups in total. The fourth-order valence-corrected chi connectivity index (χ4v) is 0. The van der Waals surface area contributed by atoms with Gasteiger partial charge < -0.3 is 10.2 Å². The summed E-state index contributed by atoms with van der Waals surface area (Å²) in [5.41, 5.74) is 0. The SMILES string of the molecule is O=C(O)C[O-].[K+]. The van der Waals surface area contributed by atoms with E-state index in [0.717, 1.165) is 0 Å². The van der Waals surface area contributed by atoms with Crippen LogP contribution < -0.4 is 56.5 Å². The number of carboxylic acid groups (broad SMARTS) is 1. The van der Waals surface area contributed by atoms with Crippen LogP contribution >= 0.6 is 0 Å². The molecule has 0 aromatic heterocycles. The predicted molar refractivity (Wildman–Crippen MR) is 12.5 cm³/mol. The summed E-state index contributed by atoms with van der Waals surface area (Å²) >= 11 is 0. The maximum atomic E-state index is 9.06. The van der Waals surface area contributed by atoms with Gasteiger partial charge in [-0.1, -0.05) is 0 Å². The summed E-state index contributed by atoms with van der Waals surface area (Å²) in [5, 5.41) is 16.4. The van der Waals surface area contributed by atoms with Crippen LogP contribution in [0.15, 0.2) is 0 Å². The van der Waals surface area contributed by atoms with Crippen molar-refractivity contribution < 1.29 is 66.4 Å². The van der Waals surface area contributed by atoms with Gasteiger partial charge in [-0.05, 0) is 6.61 Å². The molecule has 0 unspecified atom stereocenters. The third kappa shape index (κ3) is 8.91. The Hall–Kier alpha value is 1.07. The molecule has 0 aromatic carbocycles. The summed E-state index contributed by atoms with van der Waals surface area (Å²) < 4.78 is 0. The van der Waals surface area contributed by atoms with Gasteiger partial charge in [0.2, 0.25) is 0 Å². The molecule has 0 heterocycles. The van der Waals surface area contributed by atoms with E-state index in [9.17, 15) is 0 Å². The molecule has 30 valence electrons. The number of rotatable bonds is 1. The molecule has 0 aliphatic rings. The number of aliphatic carboxylic acids is 1. The zero-order chi connectivity index (χ0) is 4.28. The Morgan fingerprint density at radius 3 is 2.00 bits per heavy atom. The van der Waals surface area contributed by atoms with E-state index in [0.29, 0.717) is 0 Å². The molecule has 0 rings (SSSR count). The molecule has 0 spiro atoms. The summed E-state index contributed by atoms with van der Waals surface area (Å²) in [6.45, 7) is -1.03. The minimum absolute atomic E-state index is 0. The Bertz CT molecular complexity index is 44.1. The third-order valence-corrected chi connectivity index (χ3v) is 0.123. The first kappa shape index (κ1) is 10.1. The second-order valence-electron chi connectivity index (χ2n) is 0.538. The van der Waals surface area contributed by atoms with Gasteiger partial charge in [0.25, 0.3) is 5.97 Å². The summed E-state index contributed by atoms with van der Waals surface area (Å²) in [6, 6.07) is 0. The quantitative estimate of drug-likeness (QED) is 0.349. The van der Waals surface area contributed by atoms with E-state index in [1.165, 1.54) is 0 Å². The molecule has 3 nitrogen and oxygen atoms in total. The largest absolute Gasteiger partial charge is 1.00 e. The van der Waals surface area contributed by atoms with Gasteiger partial charge in [0.1, 0.15) is 0 Å². The van der Waals surface area contributed by atoms with Crippen molar-refractivity contribution in [3.8, 4) is 0 Å². The third-order valence-electron chi connectivity index (χ3n) is 0.123. The normalized spacial score (nSPS) is 6.17. The van der Waals surface area contributed by atoms with Crippen LogP contribution in [-0.4, -0.2) is 17.7 Å². The average Bonchev–Trinajstić information content (AvgIpc) is 1.38. The molecule has 0 fully saturated rings. The van der Waals surface area contributed by atoms with Crippen molar-refractivity contribution >= 4 is 5.97 Å². The first-order valence-electron chi connectivity index (χ1n) is 1.07. The average molecular weight is 114 g/mol. The molecule has 0 bridgehead atoms. The Kier molecular flexibility index (Phi) is 10.2. The van der Waals surface area contributed by atoms with E-state index in [4.69, 9.17) is 15.0 Å². The van der Waals surface area contributed by atoms with E-state index in [2.05, 4.69) is 0 Å². The molecule has 0 aromatic rings. The molecule has 0 aliphatic carbocycles. The van der Waals surface area contributed by atoms with E-state index in [-0.39, 0.29) is 51.4 Å². The second-order valence-corrected chi connectivity index (χ2v) is 0.538. The molecule has 0 aliphatic heterocycles. The topological polar surface area (TPSA) is 60.4 Å². The Labute approximate surface area is 77.8 Å². The molecule has 6 heavy (non-hydrogen) atoms. The number of carboxylic acids is 1. The van der Waals surface area contributed by atoms with Gasteiger partial charge in [0, 0.05) is 0 Å². The van der Waals surface area contributed by atoms with Gasteiger partial charge in [-0.25, -0.2) is 0 Å². The first-order valence-corrected chi connectivity index (χ1v) is 1.07. The molecular weight excluding hydrogens is 111 g/mol. The summed E-state index contributed by atoms with van der Waals surface area (Å²) in [4.78, 5) is 9.06. The van der Waals surface area contributed by atoms with E-state index >= 15 is 0 Å². The molecule has 0 atom stereocenters. The van der Waals surface area contributed by atoms with Crippen molar-refractivity contribution in [3.63, 3.8) is 0 Å². The smallest absolute Gasteiger partial charge is 0.846 e. The Morgan fingerprint density at radius 2 is 2.00 bits per heavy atom. The fourth-order valence-electron chi connectivity index (χ4n) is 0. The maximum Gasteiger partial charge on any atom is 1.00 e. The molecule has 0 saturated carbocycles. The monoisotopic (exact) mass is 114 g/mol. The van der Waals surface area contributed by atoms with Crippen molar-refractivity contribution in [2.24, 2.45) is 0 Å². The first-order chi connectivity index (χ1) is 2.27. The van der Waals surface area contributed by atoms with Crippen LogP contribution in [0.3, 0.4) is 0 Å². The number of hydrogen-bond donors (Lipinski definition) is 1. The van der Waals surface area contributed by atoms with Crippen LogP contribution in [0, 0.1) is 0 Å². The van der Waals surface area contributed by atoms with Crippen LogP contribution in [0.4, 0.5) is 0 Å². The predicted octanol–water partition coefficient (Wildman–Crippen LogP) is -4.56. The molecule has 0 saturated heterocycles. The Balaban J connectivity index is 0. The van der Waals surface area contributed by atoms with Crippen molar-refractivity contribution in [1.82, 2.24) is 0 Å².